The summed E-state index contributed by atoms with van der Waals surface area (Å²) in [5.41, 5.74) is 2.26. The Morgan fingerprint density at radius 2 is 1.91 bits per heavy atom. The Labute approximate surface area is 201 Å². The lowest BCUT2D eigenvalue weighted by molar-refractivity contribution is -0.149. The van der Waals surface area contributed by atoms with E-state index in [4.69, 9.17) is 4.74 Å². The van der Waals surface area contributed by atoms with Crippen molar-refractivity contribution in [3.05, 3.63) is 47.5 Å². The number of aliphatic hydroxyl groups is 1. The highest BCUT2D eigenvalue weighted by Crippen LogP contribution is 2.28. The second kappa shape index (κ2) is 11.6. The zero-order valence-corrected chi connectivity index (χ0v) is 19.9. The Morgan fingerprint density at radius 3 is 2.74 bits per heavy atom. The molecule has 3 heterocycles. The van der Waals surface area contributed by atoms with E-state index < -0.39 is 5.92 Å². The highest BCUT2D eigenvalue weighted by atomic mass is 16.5. The molecule has 184 valence electrons. The number of hydrogen-bond acceptors (Lipinski definition) is 5. The monoisotopic (exact) mass is 468 g/mol. The van der Waals surface area contributed by atoms with Crippen LogP contribution >= 0.6 is 0 Å². The smallest absolute Gasteiger partial charge is 0.305 e. The summed E-state index contributed by atoms with van der Waals surface area (Å²) in [5, 5.41) is 9.97. The number of ether oxygens (including phenoxy) is 1. The number of carbonyl (C=O) groups is 3. The maximum absolute atomic E-state index is 13.6. The minimum Gasteiger partial charge on any atom is -0.463 e. The number of cyclic esters (lactones) is 1. The summed E-state index contributed by atoms with van der Waals surface area (Å²) in [5.74, 6) is -0.790. The first-order valence-electron chi connectivity index (χ1n) is 12.6. The Morgan fingerprint density at radius 1 is 1.09 bits per heavy atom. The molecule has 3 atom stereocenters. The van der Waals surface area contributed by atoms with Crippen LogP contribution in [0.3, 0.4) is 0 Å². The van der Waals surface area contributed by atoms with Crippen molar-refractivity contribution in [3.63, 3.8) is 0 Å². The summed E-state index contributed by atoms with van der Waals surface area (Å²) >= 11 is 0. The van der Waals surface area contributed by atoms with Crippen molar-refractivity contribution in [2.24, 2.45) is 5.92 Å². The Bertz CT molecular complexity index is 914. The largest absolute Gasteiger partial charge is 0.463 e. The van der Waals surface area contributed by atoms with Gasteiger partial charge in [0.2, 0.25) is 11.8 Å². The molecule has 1 saturated heterocycles. The van der Waals surface area contributed by atoms with Gasteiger partial charge in [-0.2, -0.15) is 0 Å². The summed E-state index contributed by atoms with van der Waals surface area (Å²) in [7, 11) is 0. The topological polar surface area (TPSA) is 87.2 Å². The van der Waals surface area contributed by atoms with Crippen LogP contribution in [0.2, 0.25) is 0 Å². The second-order valence-electron chi connectivity index (χ2n) is 9.70. The number of rotatable bonds is 3. The summed E-state index contributed by atoms with van der Waals surface area (Å²) in [4.78, 5) is 42.6. The molecule has 0 spiro atoms. The molecule has 7 nitrogen and oxygen atoms in total. The van der Waals surface area contributed by atoms with E-state index in [1.54, 1.807) is 4.90 Å². The van der Waals surface area contributed by atoms with Crippen LogP contribution in [0.1, 0.15) is 62.5 Å². The molecule has 1 fully saturated rings. The maximum atomic E-state index is 13.6. The number of nitrogens with zero attached hydrogens (tertiary/aromatic N) is 2. The molecule has 0 bridgehead atoms. The van der Waals surface area contributed by atoms with Crippen molar-refractivity contribution in [2.75, 3.05) is 19.8 Å². The number of hydrogen-bond donors (Lipinski definition) is 1. The van der Waals surface area contributed by atoms with E-state index in [2.05, 4.69) is 6.08 Å². The van der Waals surface area contributed by atoms with Crippen molar-refractivity contribution in [1.29, 1.82) is 0 Å². The third-order valence-corrected chi connectivity index (χ3v) is 7.34. The van der Waals surface area contributed by atoms with Crippen LogP contribution in [-0.4, -0.2) is 64.5 Å². The molecule has 1 N–H and O–H groups in total. The number of carbonyl (C=O) groups excluding carboxylic acids is 3. The standard InChI is InChI=1S/C27H36N2O5/c30-18-24-15-20-9-6-7-11-22(20)17-29(24)25(31)16-21-10-4-2-1-3-5-13-26(32)34-19-23-12-8-14-28(23)27(21)33/h2,4,6-7,9,11,21,23-24,30H,1,3,5,8,10,12-19H2/t21-,23+,24+/m1/s1. The Kier molecular flexibility index (Phi) is 8.38. The number of allylic oxidation sites excluding steroid dienone is 2. The van der Waals surface area contributed by atoms with Gasteiger partial charge in [-0.15, -0.1) is 0 Å². The first-order valence-corrected chi connectivity index (χ1v) is 12.6. The molecule has 34 heavy (non-hydrogen) atoms. The van der Waals surface area contributed by atoms with E-state index in [0.29, 0.717) is 32.4 Å². The lowest BCUT2D eigenvalue weighted by atomic mass is 9.92. The Hall–Kier alpha value is -2.67. The minimum atomic E-state index is -0.459. The van der Waals surface area contributed by atoms with Gasteiger partial charge in [-0.1, -0.05) is 36.4 Å². The van der Waals surface area contributed by atoms with Crippen LogP contribution in [0.25, 0.3) is 0 Å². The molecule has 1 aromatic rings. The number of aliphatic hydroxyl groups excluding tert-OH is 1. The number of amides is 2. The normalized spacial score (nSPS) is 26.4. The van der Waals surface area contributed by atoms with Gasteiger partial charge in [-0.05, 0) is 56.1 Å². The number of benzene rings is 1. The molecule has 0 unspecified atom stereocenters. The lowest BCUT2D eigenvalue weighted by Gasteiger charge is -2.37. The van der Waals surface area contributed by atoms with E-state index in [-0.39, 0.29) is 49.5 Å². The maximum Gasteiger partial charge on any atom is 0.305 e. The van der Waals surface area contributed by atoms with E-state index in [9.17, 15) is 19.5 Å². The van der Waals surface area contributed by atoms with E-state index in [1.165, 1.54) is 0 Å². The molecule has 4 rings (SSSR count). The fraction of sp³-hybridized carbons (Fsp3) is 0.593. The summed E-state index contributed by atoms with van der Waals surface area (Å²) in [6, 6.07) is 7.63. The second-order valence-corrected chi connectivity index (χ2v) is 9.70. The fourth-order valence-electron chi connectivity index (χ4n) is 5.35. The van der Waals surface area contributed by atoms with Crippen molar-refractivity contribution in [1.82, 2.24) is 9.80 Å². The fourth-order valence-corrected chi connectivity index (χ4v) is 5.35. The molecular formula is C27H36N2O5. The van der Waals surface area contributed by atoms with Crippen molar-refractivity contribution in [3.8, 4) is 0 Å². The molecule has 1 aromatic carbocycles. The van der Waals surface area contributed by atoms with Gasteiger partial charge in [0, 0.05) is 25.9 Å². The van der Waals surface area contributed by atoms with Gasteiger partial charge in [-0.3, -0.25) is 14.4 Å². The van der Waals surface area contributed by atoms with Gasteiger partial charge >= 0.3 is 5.97 Å². The van der Waals surface area contributed by atoms with Gasteiger partial charge in [0.1, 0.15) is 6.61 Å². The first kappa shape index (κ1) is 24.5. The summed E-state index contributed by atoms with van der Waals surface area (Å²) < 4.78 is 5.47. The molecule has 0 aromatic heterocycles. The molecule has 0 aliphatic carbocycles. The van der Waals surface area contributed by atoms with Crippen molar-refractivity contribution >= 4 is 17.8 Å². The van der Waals surface area contributed by atoms with Gasteiger partial charge in [-0.25, -0.2) is 0 Å². The van der Waals surface area contributed by atoms with Crippen LogP contribution in [0.15, 0.2) is 36.4 Å². The zero-order chi connectivity index (χ0) is 23.9. The molecule has 3 aliphatic rings. The van der Waals surface area contributed by atoms with E-state index in [0.717, 1.165) is 43.2 Å². The lowest BCUT2D eigenvalue weighted by Crippen LogP contribution is -2.48. The predicted molar refractivity (Wildman–Crippen MR) is 128 cm³/mol. The molecular weight excluding hydrogens is 432 g/mol. The molecule has 0 radical (unpaired) electrons. The zero-order valence-electron chi connectivity index (χ0n) is 19.9. The third kappa shape index (κ3) is 5.87. The Balaban J connectivity index is 1.50. The predicted octanol–water partition coefficient (Wildman–Crippen LogP) is 2.99. The minimum absolute atomic E-state index is 0.0356. The van der Waals surface area contributed by atoms with E-state index >= 15 is 0 Å². The number of fused-ring (bicyclic) bond motifs is 2. The highest BCUT2D eigenvalue weighted by molar-refractivity contribution is 5.86. The average Bonchev–Trinajstić information content (AvgIpc) is 3.33. The molecule has 3 aliphatic heterocycles. The average molecular weight is 469 g/mol. The van der Waals surface area contributed by atoms with Crippen molar-refractivity contribution < 1.29 is 24.2 Å². The van der Waals surface area contributed by atoms with Crippen LogP contribution in [0.5, 0.6) is 0 Å². The van der Waals surface area contributed by atoms with E-state index in [1.807, 2.05) is 35.2 Å². The van der Waals surface area contributed by atoms with Gasteiger partial charge in [0.25, 0.3) is 0 Å². The van der Waals surface area contributed by atoms with Gasteiger partial charge < -0.3 is 19.6 Å². The van der Waals surface area contributed by atoms with Gasteiger partial charge in [0.05, 0.1) is 24.6 Å². The van der Waals surface area contributed by atoms with Crippen LogP contribution in [0, 0.1) is 5.92 Å². The summed E-state index contributed by atoms with van der Waals surface area (Å²) in [6.45, 7) is 1.22. The quantitative estimate of drug-likeness (QED) is 0.544. The van der Waals surface area contributed by atoms with Crippen molar-refractivity contribution in [2.45, 2.75) is 76.4 Å². The van der Waals surface area contributed by atoms with Crippen LogP contribution in [-0.2, 0) is 32.1 Å². The van der Waals surface area contributed by atoms with Crippen LogP contribution in [0.4, 0.5) is 0 Å². The molecule has 0 saturated carbocycles. The molecule has 7 heteroatoms. The van der Waals surface area contributed by atoms with Gasteiger partial charge in [0.15, 0.2) is 0 Å². The summed E-state index contributed by atoms with van der Waals surface area (Å²) in [6.07, 6.45) is 9.94. The van der Waals surface area contributed by atoms with Crippen LogP contribution < -0.4 is 0 Å². The third-order valence-electron chi connectivity index (χ3n) is 7.34. The molecule has 2 amide bonds. The SMILES string of the molecule is O=C1CCCCC=CC[C@H](CC(=O)N2Cc3ccccc3C[C@H]2CO)C(=O)N2CCC[C@H]2CO1. The highest BCUT2D eigenvalue weighted by Gasteiger charge is 2.36. The first-order chi connectivity index (χ1) is 16.6. The number of esters is 1.